The number of aryl methyl sites for hydroxylation is 2. The van der Waals surface area contributed by atoms with E-state index in [1.165, 1.54) is 7.11 Å². The maximum atomic E-state index is 12.2. The normalized spacial score (nSPS) is 10.2. The van der Waals surface area contributed by atoms with Crippen LogP contribution >= 0.6 is 15.9 Å². The summed E-state index contributed by atoms with van der Waals surface area (Å²) in [6, 6.07) is 9.58. The van der Waals surface area contributed by atoms with E-state index in [1.807, 2.05) is 44.2 Å². The number of rotatable bonds is 3. The van der Waals surface area contributed by atoms with Crippen LogP contribution in [0.4, 0.5) is 0 Å². The second-order valence-electron chi connectivity index (χ2n) is 5.29. The minimum absolute atomic E-state index is 0.221. The van der Waals surface area contributed by atoms with E-state index in [4.69, 9.17) is 0 Å². The molecule has 0 spiro atoms. The van der Waals surface area contributed by atoms with Crippen LogP contribution in [0.15, 0.2) is 34.8 Å². The standard InChI is InChI=1S/C17H14BrN3O3.C2H6/c1-9-15(16(22)17(23)24-3)10(2)21-14(19-9)8-13(20-21)11-5-4-6-12(18)7-11;1-2/h4-8H,1-3H3;1-2H3. The van der Waals surface area contributed by atoms with Crippen molar-refractivity contribution in [2.24, 2.45) is 0 Å². The lowest BCUT2D eigenvalue weighted by Gasteiger charge is -2.08. The first-order chi connectivity index (χ1) is 12.4. The van der Waals surface area contributed by atoms with Crippen molar-refractivity contribution in [1.29, 1.82) is 0 Å². The number of esters is 1. The maximum Gasteiger partial charge on any atom is 0.379 e. The smallest absolute Gasteiger partial charge is 0.379 e. The number of benzene rings is 1. The molecule has 0 radical (unpaired) electrons. The van der Waals surface area contributed by atoms with Gasteiger partial charge in [0.05, 0.1) is 29.8 Å². The van der Waals surface area contributed by atoms with E-state index in [2.05, 4.69) is 30.7 Å². The van der Waals surface area contributed by atoms with E-state index in [9.17, 15) is 9.59 Å². The van der Waals surface area contributed by atoms with E-state index >= 15 is 0 Å². The van der Waals surface area contributed by atoms with Gasteiger partial charge >= 0.3 is 5.97 Å². The van der Waals surface area contributed by atoms with Crippen molar-refractivity contribution < 1.29 is 14.3 Å². The quantitative estimate of drug-likeness (QED) is 0.363. The molecule has 0 saturated carbocycles. The van der Waals surface area contributed by atoms with E-state index in [0.29, 0.717) is 17.0 Å². The highest BCUT2D eigenvalue weighted by atomic mass is 79.9. The fraction of sp³-hybridized carbons (Fsp3) is 0.263. The molecule has 3 rings (SSSR count). The Kier molecular flexibility index (Phi) is 6.26. The lowest BCUT2D eigenvalue weighted by Crippen LogP contribution is -2.20. The van der Waals surface area contributed by atoms with Gasteiger partial charge in [0.25, 0.3) is 5.78 Å². The maximum absolute atomic E-state index is 12.2. The van der Waals surface area contributed by atoms with Crippen LogP contribution in [0.3, 0.4) is 0 Å². The highest BCUT2D eigenvalue weighted by Crippen LogP contribution is 2.24. The summed E-state index contributed by atoms with van der Waals surface area (Å²) < 4.78 is 7.04. The summed E-state index contributed by atoms with van der Waals surface area (Å²) in [4.78, 5) is 28.2. The van der Waals surface area contributed by atoms with Crippen LogP contribution in [-0.2, 0) is 9.53 Å². The molecule has 26 heavy (non-hydrogen) atoms. The average Bonchev–Trinajstić information content (AvgIpc) is 3.07. The molecule has 0 N–H and O–H groups in total. The number of hydrogen-bond acceptors (Lipinski definition) is 5. The second-order valence-corrected chi connectivity index (χ2v) is 6.20. The van der Waals surface area contributed by atoms with Crippen molar-refractivity contribution in [2.75, 3.05) is 7.11 Å². The van der Waals surface area contributed by atoms with Gasteiger partial charge in [0, 0.05) is 16.1 Å². The fourth-order valence-corrected chi connectivity index (χ4v) is 3.00. The van der Waals surface area contributed by atoms with Crippen LogP contribution in [0.5, 0.6) is 0 Å². The molecule has 6 nitrogen and oxygen atoms in total. The molecular formula is C19H20BrN3O3. The van der Waals surface area contributed by atoms with Gasteiger partial charge in [-0.15, -0.1) is 0 Å². The zero-order chi connectivity index (χ0) is 19.4. The molecule has 3 aromatic rings. The van der Waals surface area contributed by atoms with E-state index in [1.54, 1.807) is 18.4 Å². The number of fused-ring (bicyclic) bond motifs is 1. The summed E-state index contributed by atoms with van der Waals surface area (Å²) in [6.45, 7) is 7.42. The number of carbonyl (C=O) groups is 2. The van der Waals surface area contributed by atoms with Crippen molar-refractivity contribution in [3.05, 3.63) is 51.8 Å². The van der Waals surface area contributed by atoms with Gasteiger partial charge in [0.15, 0.2) is 5.65 Å². The van der Waals surface area contributed by atoms with Gasteiger partial charge in [0.2, 0.25) is 0 Å². The molecule has 2 heterocycles. The van der Waals surface area contributed by atoms with Crippen molar-refractivity contribution in [3.63, 3.8) is 0 Å². The van der Waals surface area contributed by atoms with E-state index in [0.717, 1.165) is 15.7 Å². The summed E-state index contributed by atoms with van der Waals surface area (Å²) in [5.74, 6) is -1.64. The largest absolute Gasteiger partial charge is 0.463 e. The molecule has 0 aliphatic carbocycles. The lowest BCUT2D eigenvalue weighted by molar-refractivity contribution is -0.135. The highest BCUT2D eigenvalue weighted by Gasteiger charge is 2.24. The zero-order valence-electron chi connectivity index (χ0n) is 15.3. The second kappa shape index (κ2) is 8.23. The number of methoxy groups -OCH3 is 1. The molecular weight excluding hydrogens is 398 g/mol. The number of ketones is 1. The number of carbonyl (C=O) groups excluding carboxylic acids is 2. The predicted molar refractivity (Wildman–Crippen MR) is 103 cm³/mol. The van der Waals surface area contributed by atoms with Crippen LogP contribution in [-0.4, -0.2) is 33.5 Å². The van der Waals surface area contributed by atoms with Crippen molar-refractivity contribution >= 4 is 33.3 Å². The van der Waals surface area contributed by atoms with Gasteiger partial charge in [0.1, 0.15) is 0 Å². The topological polar surface area (TPSA) is 73.6 Å². The Morgan fingerprint density at radius 1 is 1.15 bits per heavy atom. The lowest BCUT2D eigenvalue weighted by atomic mass is 10.1. The number of Topliss-reactive ketones (excluding diaryl/α,β-unsaturated/α-hetero) is 1. The fourth-order valence-electron chi connectivity index (χ4n) is 2.61. The summed E-state index contributed by atoms with van der Waals surface area (Å²) in [5.41, 5.74) is 3.51. The third kappa shape index (κ3) is 3.67. The van der Waals surface area contributed by atoms with Crippen LogP contribution in [0.1, 0.15) is 35.6 Å². The molecule has 0 bridgehead atoms. The average molecular weight is 418 g/mol. The van der Waals surface area contributed by atoms with Gasteiger partial charge in [-0.1, -0.05) is 41.9 Å². The highest BCUT2D eigenvalue weighted by molar-refractivity contribution is 9.10. The first kappa shape index (κ1) is 19.8. The van der Waals surface area contributed by atoms with Crippen LogP contribution in [0, 0.1) is 13.8 Å². The summed E-state index contributed by atoms with van der Waals surface area (Å²) >= 11 is 3.44. The number of ether oxygens (including phenoxy) is 1. The predicted octanol–water partition coefficient (Wildman–Crippen LogP) is 4.16. The first-order valence-corrected chi connectivity index (χ1v) is 8.97. The Morgan fingerprint density at radius 3 is 2.46 bits per heavy atom. The molecule has 1 aromatic carbocycles. The van der Waals surface area contributed by atoms with Gasteiger partial charge in [-0.2, -0.15) is 5.10 Å². The molecule has 0 fully saturated rings. The van der Waals surface area contributed by atoms with Crippen molar-refractivity contribution in [1.82, 2.24) is 14.6 Å². The molecule has 0 atom stereocenters. The number of hydrogen-bond donors (Lipinski definition) is 0. The summed E-state index contributed by atoms with van der Waals surface area (Å²) in [7, 11) is 1.18. The van der Waals surface area contributed by atoms with Crippen molar-refractivity contribution in [2.45, 2.75) is 27.7 Å². The molecule has 0 aliphatic rings. The van der Waals surface area contributed by atoms with Crippen molar-refractivity contribution in [3.8, 4) is 11.3 Å². The van der Waals surface area contributed by atoms with Crippen LogP contribution in [0.2, 0.25) is 0 Å². The van der Waals surface area contributed by atoms with Crippen LogP contribution < -0.4 is 0 Å². The molecule has 136 valence electrons. The zero-order valence-corrected chi connectivity index (χ0v) is 16.9. The van der Waals surface area contributed by atoms with E-state index in [-0.39, 0.29) is 5.56 Å². The molecule has 7 heteroatoms. The third-order valence-electron chi connectivity index (χ3n) is 3.73. The first-order valence-electron chi connectivity index (χ1n) is 8.18. The monoisotopic (exact) mass is 417 g/mol. The van der Waals surface area contributed by atoms with Crippen LogP contribution in [0.25, 0.3) is 16.9 Å². The summed E-state index contributed by atoms with van der Waals surface area (Å²) in [5, 5.41) is 4.52. The van der Waals surface area contributed by atoms with Gasteiger partial charge in [-0.25, -0.2) is 14.3 Å². The molecule has 2 aromatic heterocycles. The Hall–Kier alpha value is -2.54. The Bertz CT molecular complexity index is 980. The van der Waals surface area contributed by atoms with E-state index < -0.39 is 11.8 Å². The minimum Gasteiger partial charge on any atom is -0.463 e. The minimum atomic E-state index is -0.915. The Labute approximate surface area is 160 Å². The number of aromatic nitrogens is 3. The number of halogens is 1. The van der Waals surface area contributed by atoms with Gasteiger partial charge < -0.3 is 4.74 Å². The molecule has 0 amide bonds. The van der Waals surface area contributed by atoms with Gasteiger partial charge in [-0.3, -0.25) is 4.79 Å². The summed E-state index contributed by atoms with van der Waals surface area (Å²) in [6.07, 6.45) is 0. The Morgan fingerprint density at radius 2 is 1.85 bits per heavy atom. The Balaban J connectivity index is 0.00000117. The number of nitrogens with zero attached hydrogens (tertiary/aromatic N) is 3. The SMILES string of the molecule is CC.COC(=O)C(=O)c1c(C)nc2cc(-c3cccc(Br)c3)nn2c1C. The molecule has 0 saturated heterocycles. The molecule has 0 aliphatic heterocycles. The molecule has 0 unspecified atom stereocenters. The van der Waals surface area contributed by atoms with Gasteiger partial charge in [-0.05, 0) is 26.0 Å². The third-order valence-corrected chi connectivity index (χ3v) is 4.23.